The van der Waals surface area contributed by atoms with Crippen LogP contribution in [0, 0.1) is 17.2 Å². The molecule has 0 unspecified atom stereocenters. The molecule has 0 radical (unpaired) electrons. The van der Waals surface area contributed by atoms with Gasteiger partial charge in [-0.1, -0.05) is 11.3 Å². The van der Waals surface area contributed by atoms with E-state index < -0.39 is 0 Å². The van der Waals surface area contributed by atoms with Gasteiger partial charge in [0.25, 0.3) is 0 Å². The number of amides is 1. The van der Waals surface area contributed by atoms with Crippen molar-refractivity contribution < 1.29 is 4.79 Å². The molecule has 1 rings (SSSR count). The Kier molecular flexibility index (Phi) is 4.84. The van der Waals surface area contributed by atoms with E-state index in [0.29, 0.717) is 13.1 Å². The lowest BCUT2D eigenvalue weighted by Gasteiger charge is -2.21. The molecule has 0 aromatic carbocycles. The second kappa shape index (κ2) is 6.15. The fraction of sp³-hybridized carbons (Fsp3) is 0.600. The Morgan fingerprint density at radius 1 is 1.76 bits per heavy atom. The average molecular weight is 254 g/mol. The van der Waals surface area contributed by atoms with Crippen LogP contribution >= 0.6 is 11.3 Å². The Hall–Kier alpha value is -1.68. The van der Waals surface area contributed by atoms with Crippen molar-refractivity contribution in [2.24, 2.45) is 5.92 Å². The molecule has 0 aliphatic rings. The molecule has 17 heavy (non-hydrogen) atoms. The van der Waals surface area contributed by atoms with Gasteiger partial charge in [-0.3, -0.25) is 9.59 Å². The normalized spacial score (nSPS) is 11.8. The fourth-order valence-corrected chi connectivity index (χ4v) is 1.83. The first-order valence-corrected chi connectivity index (χ1v) is 6.14. The van der Waals surface area contributed by atoms with Gasteiger partial charge < -0.3 is 4.90 Å². The molecule has 0 aliphatic heterocycles. The summed E-state index contributed by atoms with van der Waals surface area (Å²) in [5.41, 5.74) is 1.41. The van der Waals surface area contributed by atoms with E-state index in [9.17, 15) is 9.59 Å². The minimum atomic E-state index is -0.247. The maximum absolute atomic E-state index is 11.9. The zero-order chi connectivity index (χ0) is 12.8. The van der Waals surface area contributed by atoms with E-state index in [1.165, 1.54) is 5.51 Å². The second-order valence-electron chi connectivity index (χ2n) is 3.62. The number of carbonyl (C=O) groups is 1. The van der Waals surface area contributed by atoms with Gasteiger partial charge in [0.2, 0.25) is 5.91 Å². The number of aromatic nitrogens is 2. The minimum Gasteiger partial charge on any atom is -0.340 e. The summed E-state index contributed by atoms with van der Waals surface area (Å²) in [6.07, 6.45) is 0. The Balaban J connectivity index is 2.65. The zero-order valence-corrected chi connectivity index (χ0v) is 10.6. The Bertz CT molecular complexity index is 473. The summed E-state index contributed by atoms with van der Waals surface area (Å²) in [5, 5.41) is 12.5. The first-order chi connectivity index (χ1) is 8.08. The largest absolute Gasteiger partial charge is 0.340 e. The maximum atomic E-state index is 11.9. The van der Waals surface area contributed by atoms with E-state index in [2.05, 4.69) is 11.2 Å². The van der Waals surface area contributed by atoms with E-state index in [1.54, 1.807) is 11.8 Å². The van der Waals surface area contributed by atoms with E-state index in [0.717, 1.165) is 16.0 Å². The molecule has 6 nitrogen and oxygen atoms in total. The van der Waals surface area contributed by atoms with Crippen LogP contribution in [-0.4, -0.2) is 33.7 Å². The molecule has 0 N–H and O–H groups in total. The van der Waals surface area contributed by atoms with Crippen LogP contribution in [-0.2, 0) is 11.3 Å². The maximum Gasteiger partial charge on any atom is 0.325 e. The van der Waals surface area contributed by atoms with Gasteiger partial charge >= 0.3 is 4.87 Å². The van der Waals surface area contributed by atoms with E-state index in [-0.39, 0.29) is 23.2 Å². The van der Waals surface area contributed by atoms with Gasteiger partial charge in [0.1, 0.15) is 12.1 Å². The van der Waals surface area contributed by atoms with Crippen LogP contribution in [0.4, 0.5) is 0 Å². The van der Waals surface area contributed by atoms with Crippen molar-refractivity contribution in [2.45, 2.75) is 20.4 Å². The summed E-state index contributed by atoms with van der Waals surface area (Å²) >= 11 is 0.957. The van der Waals surface area contributed by atoms with Crippen molar-refractivity contribution in [3.8, 4) is 6.07 Å². The lowest BCUT2D eigenvalue weighted by molar-refractivity contribution is -0.132. The van der Waals surface area contributed by atoms with Crippen LogP contribution in [0.1, 0.15) is 13.8 Å². The van der Waals surface area contributed by atoms with Crippen molar-refractivity contribution in [3.05, 3.63) is 15.2 Å². The van der Waals surface area contributed by atoms with Gasteiger partial charge in [0.15, 0.2) is 0 Å². The highest BCUT2D eigenvalue weighted by Crippen LogP contribution is 2.00. The summed E-state index contributed by atoms with van der Waals surface area (Å²) < 4.78 is 1.13. The summed E-state index contributed by atoms with van der Waals surface area (Å²) in [6.45, 7) is 4.43. The summed E-state index contributed by atoms with van der Waals surface area (Å²) in [7, 11) is 0. The highest BCUT2D eigenvalue weighted by molar-refractivity contribution is 7.06. The molecular weight excluding hydrogens is 240 g/mol. The summed E-state index contributed by atoms with van der Waals surface area (Å²) in [6, 6.07) is 2.08. The molecule has 92 valence electrons. The van der Waals surface area contributed by atoms with Crippen LogP contribution in [0.2, 0.25) is 0 Å². The minimum absolute atomic E-state index is 0.0612. The first-order valence-electron chi connectivity index (χ1n) is 5.26. The lowest BCUT2D eigenvalue weighted by Crippen LogP contribution is -2.38. The SMILES string of the molecule is CCN(C[C@@H](C)C#N)C(=O)Cn1ncsc1=O. The van der Waals surface area contributed by atoms with Gasteiger partial charge in [-0.05, 0) is 13.8 Å². The van der Waals surface area contributed by atoms with E-state index in [4.69, 9.17) is 5.26 Å². The fourth-order valence-electron chi connectivity index (χ4n) is 1.35. The molecular formula is C10H14N4O2S. The van der Waals surface area contributed by atoms with Crippen molar-refractivity contribution in [1.29, 1.82) is 5.26 Å². The predicted molar refractivity (Wildman–Crippen MR) is 63.4 cm³/mol. The topological polar surface area (TPSA) is 79.0 Å². The van der Waals surface area contributed by atoms with Crippen LogP contribution in [0.3, 0.4) is 0 Å². The summed E-state index contributed by atoms with van der Waals surface area (Å²) in [5.74, 6) is -0.409. The molecule has 1 amide bonds. The van der Waals surface area contributed by atoms with Crippen LogP contribution in [0.15, 0.2) is 10.3 Å². The predicted octanol–water partition coefficient (Wildman–Crippen LogP) is 0.313. The van der Waals surface area contributed by atoms with Crippen molar-refractivity contribution in [2.75, 3.05) is 13.1 Å². The Morgan fingerprint density at radius 2 is 2.47 bits per heavy atom. The molecule has 1 aromatic rings. The highest BCUT2D eigenvalue weighted by atomic mass is 32.1. The number of carbonyl (C=O) groups excluding carboxylic acids is 1. The molecule has 1 heterocycles. The highest BCUT2D eigenvalue weighted by Gasteiger charge is 2.16. The van der Waals surface area contributed by atoms with Crippen molar-refractivity contribution >= 4 is 17.2 Å². The van der Waals surface area contributed by atoms with Crippen LogP contribution in [0.5, 0.6) is 0 Å². The quantitative estimate of drug-likeness (QED) is 0.757. The zero-order valence-electron chi connectivity index (χ0n) is 9.79. The third-order valence-corrected chi connectivity index (χ3v) is 2.90. The molecule has 0 saturated heterocycles. The van der Waals surface area contributed by atoms with Gasteiger partial charge in [0.05, 0.1) is 12.0 Å². The number of nitriles is 1. The number of hydrogen-bond acceptors (Lipinski definition) is 5. The first kappa shape index (κ1) is 13.4. The molecule has 0 spiro atoms. The second-order valence-corrected chi connectivity index (χ2v) is 4.42. The summed E-state index contributed by atoms with van der Waals surface area (Å²) in [4.78, 5) is 24.4. The van der Waals surface area contributed by atoms with Gasteiger partial charge in [0, 0.05) is 13.1 Å². The van der Waals surface area contributed by atoms with Crippen molar-refractivity contribution in [3.63, 3.8) is 0 Å². The molecule has 1 aromatic heterocycles. The third kappa shape index (κ3) is 3.67. The third-order valence-electron chi connectivity index (χ3n) is 2.28. The molecule has 1 atom stereocenters. The average Bonchev–Trinajstić information content (AvgIpc) is 2.71. The number of nitrogens with zero attached hydrogens (tertiary/aromatic N) is 4. The van der Waals surface area contributed by atoms with Gasteiger partial charge in [-0.2, -0.15) is 10.4 Å². The molecule has 0 saturated carbocycles. The monoisotopic (exact) mass is 254 g/mol. The van der Waals surface area contributed by atoms with Gasteiger partial charge in [-0.15, -0.1) is 0 Å². The number of hydrogen-bond donors (Lipinski definition) is 0. The standard InChI is InChI=1S/C10H14N4O2S/c1-3-13(5-8(2)4-11)9(15)6-14-10(16)17-7-12-14/h7-8H,3,5-6H2,1-2H3/t8-/m0/s1. The molecule has 0 fully saturated rings. The number of likely N-dealkylation sites (N-methyl/N-ethyl adjacent to an activating group) is 1. The lowest BCUT2D eigenvalue weighted by atomic mass is 10.2. The molecule has 7 heteroatoms. The Morgan fingerprint density at radius 3 is 2.94 bits per heavy atom. The van der Waals surface area contributed by atoms with Crippen molar-refractivity contribution in [1.82, 2.24) is 14.7 Å². The number of rotatable bonds is 5. The van der Waals surface area contributed by atoms with Crippen LogP contribution in [0.25, 0.3) is 0 Å². The smallest absolute Gasteiger partial charge is 0.325 e. The molecule has 0 bridgehead atoms. The Labute approximate surface area is 103 Å². The van der Waals surface area contributed by atoms with E-state index in [1.807, 2.05) is 6.92 Å². The van der Waals surface area contributed by atoms with Crippen LogP contribution < -0.4 is 4.87 Å². The van der Waals surface area contributed by atoms with E-state index >= 15 is 0 Å². The van der Waals surface area contributed by atoms with Gasteiger partial charge in [-0.25, -0.2) is 4.68 Å². The molecule has 0 aliphatic carbocycles.